The highest BCUT2D eigenvalue weighted by Gasteiger charge is 2.20. The number of nitrogens with zero attached hydrogens (tertiary/aromatic N) is 2. The predicted molar refractivity (Wildman–Crippen MR) is 126 cm³/mol. The van der Waals surface area contributed by atoms with Gasteiger partial charge in [0.1, 0.15) is 12.4 Å². The lowest BCUT2D eigenvalue weighted by atomic mass is 10.1. The molecule has 0 bridgehead atoms. The van der Waals surface area contributed by atoms with Gasteiger partial charge in [-0.25, -0.2) is 9.67 Å². The van der Waals surface area contributed by atoms with Gasteiger partial charge in [0.2, 0.25) is 5.91 Å². The highest BCUT2D eigenvalue weighted by Crippen LogP contribution is 2.20. The number of H-pyrrole nitrogens is 2. The Hall–Kier alpha value is -4.46. The van der Waals surface area contributed by atoms with Crippen LogP contribution >= 0.6 is 0 Å². The molecule has 0 radical (unpaired) electrons. The molecule has 0 saturated carbocycles. The molecule has 2 aromatic heterocycles. The first-order chi connectivity index (χ1) is 16.1. The normalized spacial score (nSPS) is 12.1. The zero-order valence-electron chi connectivity index (χ0n) is 17.6. The summed E-state index contributed by atoms with van der Waals surface area (Å²) in [4.78, 5) is 46.0. The van der Waals surface area contributed by atoms with Crippen LogP contribution in [-0.2, 0) is 17.8 Å². The van der Waals surface area contributed by atoms with E-state index in [9.17, 15) is 14.4 Å². The quantitative estimate of drug-likeness (QED) is 0.378. The van der Waals surface area contributed by atoms with Gasteiger partial charge >= 0.3 is 0 Å². The number of imidazole rings is 1. The lowest BCUT2D eigenvalue weighted by Gasteiger charge is -2.17. The van der Waals surface area contributed by atoms with Crippen molar-refractivity contribution < 1.29 is 4.79 Å². The fourth-order valence-electron chi connectivity index (χ4n) is 3.94. The third-order valence-corrected chi connectivity index (χ3v) is 5.54. The van der Waals surface area contributed by atoms with E-state index in [1.54, 1.807) is 24.3 Å². The van der Waals surface area contributed by atoms with E-state index in [0.29, 0.717) is 17.6 Å². The zero-order valence-corrected chi connectivity index (χ0v) is 17.6. The number of hydrogen-bond donors (Lipinski definition) is 3. The van der Waals surface area contributed by atoms with Crippen molar-refractivity contribution in [3.63, 3.8) is 0 Å². The van der Waals surface area contributed by atoms with E-state index in [4.69, 9.17) is 0 Å². The number of carbonyl (C=O) groups excluding carboxylic acids is 1. The summed E-state index contributed by atoms with van der Waals surface area (Å²) >= 11 is 0. The zero-order chi connectivity index (χ0) is 22.8. The molecule has 0 fully saturated rings. The second-order valence-electron chi connectivity index (χ2n) is 7.83. The Balaban J connectivity index is 1.44. The molecule has 5 rings (SSSR count). The highest BCUT2D eigenvalue weighted by atomic mass is 16.2. The summed E-state index contributed by atoms with van der Waals surface area (Å²) < 4.78 is 1.04. The van der Waals surface area contributed by atoms with Crippen molar-refractivity contribution in [2.75, 3.05) is 0 Å². The summed E-state index contributed by atoms with van der Waals surface area (Å²) in [7, 11) is 0. The molecule has 5 aromatic rings. The Labute approximate surface area is 187 Å². The molecule has 8 nitrogen and oxygen atoms in total. The summed E-state index contributed by atoms with van der Waals surface area (Å²) in [5.41, 5.74) is 1.85. The number of para-hydroxylation sites is 2. The van der Waals surface area contributed by atoms with Gasteiger partial charge in [0.05, 0.1) is 27.8 Å². The summed E-state index contributed by atoms with van der Waals surface area (Å²) in [6.07, 6.45) is 0.509. The average molecular weight is 439 g/mol. The van der Waals surface area contributed by atoms with Crippen LogP contribution in [0.2, 0.25) is 0 Å². The number of fused-ring (bicyclic) bond motifs is 2. The molecule has 3 N–H and O–H groups in total. The number of rotatable bonds is 6. The Kier molecular flexibility index (Phi) is 5.32. The predicted octanol–water partition coefficient (Wildman–Crippen LogP) is 2.67. The first-order valence-corrected chi connectivity index (χ1v) is 10.6. The maximum absolute atomic E-state index is 13.0. The van der Waals surface area contributed by atoms with Crippen LogP contribution in [0.25, 0.3) is 21.8 Å². The molecule has 3 aromatic carbocycles. The summed E-state index contributed by atoms with van der Waals surface area (Å²) in [6, 6.07) is 23.5. The van der Waals surface area contributed by atoms with Gasteiger partial charge in [-0.05, 0) is 36.2 Å². The van der Waals surface area contributed by atoms with Gasteiger partial charge < -0.3 is 10.3 Å². The number of amides is 1. The van der Waals surface area contributed by atoms with Crippen LogP contribution in [0.15, 0.2) is 88.5 Å². The van der Waals surface area contributed by atoms with Crippen LogP contribution in [-0.4, -0.2) is 25.7 Å². The van der Waals surface area contributed by atoms with Crippen molar-refractivity contribution in [3.05, 3.63) is 111 Å². The third-order valence-electron chi connectivity index (χ3n) is 5.54. The summed E-state index contributed by atoms with van der Waals surface area (Å²) in [5.74, 6) is 0.206. The Morgan fingerprint density at radius 3 is 2.39 bits per heavy atom. The minimum Gasteiger partial charge on any atom is -0.344 e. The molecule has 1 atom stereocenters. The molecule has 2 heterocycles. The third kappa shape index (κ3) is 4.18. The van der Waals surface area contributed by atoms with E-state index < -0.39 is 23.1 Å². The molecule has 0 aliphatic rings. The Bertz CT molecular complexity index is 1530. The van der Waals surface area contributed by atoms with E-state index in [1.165, 1.54) is 0 Å². The average Bonchev–Trinajstić information content (AvgIpc) is 3.27. The van der Waals surface area contributed by atoms with E-state index in [-0.39, 0.29) is 11.9 Å². The second kappa shape index (κ2) is 8.58. The maximum atomic E-state index is 13.0. The minimum absolute atomic E-state index is 0.271. The monoisotopic (exact) mass is 439 g/mol. The topological polar surface area (TPSA) is 113 Å². The number of hydrogen-bond acceptors (Lipinski definition) is 4. The fraction of sp³-hybridized carbons (Fsp3) is 0.120. The van der Waals surface area contributed by atoms with Gasteiger partial charge in [-0.3, -0.25) is 19.5 Å². The van der Waals surface area contributed by atoms with Crippen LogP contribution in [0.1, 0.15) is 17.4 Å². The van der Waals surface area contributed by atoms with Gasteiger partial charge in [-0.2, -0.15) is 0 Å². The smallest absolute Gasteiger partial charge is 0.273 e. The molecule has 8 heteroatoms. The van der Waals surface area contributed by atoms with E-state index in [0.717, 1.165) is 21.3 Å². The van der Waals surface area contributed by atoms with Crippen molar-refractivity contribution in [2.24, 2.45) is 0 Å². The minimum atomic E-state index is -0.449. The van der Waals surface area contributed by atoms with Crippen molar-refractivity contribution in [1.29, 1.82) is 0 Å². The van der Waals surface area contributed by atoms with Gasteiger partial charge in [-0.1, -0.05) is 54.6 Å². The largest absolute Gasteiger partial charge is 0.344 e. The molecule has 33 heavy (non-hydrogen) atoms. The van der Waals surface area contributed by atoms with Crippen LogP contribution < -0.4 is 16.4 Å². The first-order valence-electron chi connectivity index (χ1n) is 10.6. The molecule has 1 amide bonds. The van der Waals surface area contributed by atoms with Gasteiger partial charge in [-0.15, -0.1) is 0 Å². The lowest BCUT2D eigenvalue weighted by Crippen LogP contribution is -2.38. The van der Waals surface area contributed by atoms with E-state index in [2.05, 4.69) is 20.4 Å². The molecular formula is C25H21N5O3. The van der Waals surface area contributed by atoms with Crippen molar-refractivity contribution in [2.45, 2.75) is 19.0 Å². The molecule has 0 saturated heterocycles. The second-order valence-corrected chi connectivity index (χ2v) is 7.83. The van der Waals surface area contributed by atoms with Crippen LogP contribution in [0.4, 0.5) is 0 Å². The molecule has 164 valence electrons. The number of benzene rings is 3. The Morgan fingerprint density at radius 2 is 1.61 bits per heavy atom. The number of aromatic amines is 2. The van der Waals surface area contributed by atoms with Crippen LogP contribution in [0, 0.1) is 0 Å². The number of aromatic nitrogens is 4. The fourth-order valence-corrected chi connectivity index (χ4v) is 3.94. The van der Waals surface area contributed by atoms with Crippen LogP contribution in [0.3, 0.4) is 0 Å². The Morgan fingerprint density at radius 1 is 0.909 bits per heavy atom. The molecule has 0 aliphatic heterocycles. The SMILES string of the molecule is O=C(Cn1[nH]c(=O)c2ccccc2c1=O)NC(Cc1ccccc1)c1nc2ccccc2[nH]1. The highest BCUT2D eigenvalue weighted by molar-refractivity contribution is 5.81. The van der Waals surface area contributed by atoms with Gasteiger partial charge in [0, 0.05) is 0 Å². The van der Waals surface area contributed by atoms with E-state index in [1.807, 2.05) is 54.6 Å². The molecular weight excluding hydrogens is 418 g/mol. The van der Waals surface area contributed by atoms with Gasteiger partial charge in [0.15, 0.2) is 0 Å². The molecule has 1 unspecified atom stereocenters. The van der Waals surface area contributed by atoms with Crippen molar-refractivity contribution in [1.82, 2.24) is 25.1 Å². The lowest BCUT2D eigenvalue weighted by molar-refractivity contribution is -0.122. The van der Waals surface area contributed by atoms with Crippen molar-refractivity contribution in [3.8, 4) is 0 Å². The summed E-state index contributed by atoms with van der Waals surface area (Å²) in [6.45, 7) is -0.315. The maximum Gasteiger partial charge on any atom is 0.273 e. The first kappa shape index (κ1) is 20.4. The van der Waals surface area contributed by atoms with Crippen LogP contribution in [0.5, 0.6) is 0 Å². The van der Waals surface area contributed by atoms with Gasteiger partial charge in [0.25, 0.3) is 11.1 Å². The van der Waals surface area contributed by atoms with E-state index >= 15 is 0 Å². The molecule has 0 spiro atoms. The van der Waals surface area contributed by atoms with Crippen molar-refractivity contribution >= 4 is 27.7 Å². The standard InChI is InChI=1S/C25H21N5O3/c31-22(15-30-25(33)18-11-5-4-10-17(18)24(32)29-30)26-21(14-16-8-2-1-3-9-16)23-27-19-12-6-7-13-20(19)28-23/h1-13,21H,14-15H2,(H,26,31)(H,27,28)(H,29,32). The summed E-state index contributed by atoms with van der Waals surface area (Å²) in [5, 5.41) is 6.03. The number of carbonyl (C=O) groups is 1. The molecule has 0 aliphatic carbocycles. The number of nitrogens with one attached hydrogen (secondary N) is 3.